The molecule has 0 radical (unpaired) electrons. The molecule has 0 aromatic carbocycles. The summed E-state index contributed by atoms with van der Waals surface area (Å²) < 4.78 is 0. The van der Waals surface area contributed by atoms with Crippen LogP contribution in [0, 0.1) is 5.92 Å². The highest BCUT2D eigenvalue weighted by atomic mass is 32.2. The van der Waals surface area contributed by atoms with Crippen molar-refractivity contribution >= 4 is 17.6 Å². The number of nitrogens with zero attached hydrogens (tertiary/aromatic N) is 1. The second-order valence-corrected chi connectivity index (χ2v) is 5.14. The number of pyridine rings is 1. The molecule has 0 spiro atoms. The van der Waals surface area contributed by atoms with Crippen LogP contribution in [0.3, 0.4) is 0 Å². The molecule has 0 saturated heterocycles. The summed E-state index contributed by atoms with van der Waals surface area (Å²) in [5, 5.41) is 3.40. The molecule has 0 aliphatic heterocycles. The molecule has 1 atom stereocenters. The second kappa shape index (κ2) is 6.01. The third-order valence-corrected chi connectivity index (χ3v) is 2.90. The molecule has 1 aromatic heterocycles. The van der Waals surface area contributed by atoms with Gasteiger partial charge in [-0.05, 0) is 37.7 Å². The van der Waals surface area contributed by atoms with Crippen molar-refractivity contribution < 1.29 is 0 Å². The fourth-order valence-electron chi connectivity index (χ4n) is 1.60. The summed E-state index contributed by atoms with van der Waals surface area (Å²) in [5.41, 5.74) is 0. The van der Waals surface area contributed by atoms with E-state index in [2.05, 4.69) is 43.4 Å². The number of nitrogens with one attached hydrogen (secondary N) is 1. The molecular formula is C12H20N2S. The first-order valence-corrected chi connectivity index (χ1v) is 6.61. The summed E-state index contributed by atoms with van der Waals surface area (Å²) >= 11 is 1.72. The van der Waals surface area contributed by atoms with Crippen LogP contribution in [0.1, 0.15) is 27.2 Å². The molecule has 0 saturated carbocycles. The fourth-order valence-corrected chi connectivity index (χ4v) is 1.97. The van der Waals surface area contributed by atoms with Crippen molar-refractivity contribution in [1.29, 1.82) is 0 Å². The van der Waals surface area contributed by atoms with Crippen LogP contribution in [0.2, 0.25) is 0 Å². The van der Waals surface area contributed by atoms with Gasteiger partial charge in [0.25, 0.3) is 0 Å². The zero-order chi connectivity index (χ0) is 11.3. The van der Waals surface area contributed by atoms with Crippen molar-refractivity contribution in [3.05, 3.63) is 18.3 Å². The lowest BCUT2D eigenvalue weighted by atomic mass is 10.1. The van der Waals surface area contributed by atoms with E-state index in [-0.39, 0.29) is 0 Å². The maximum absolute atomic E-state index is 4.36. The molecule has 84 valence electrons. The second-order valence-electron chi connectivity index (χ2n) is 4.26. The highest BCUT2D eigenvalue weighted by Crippen LogP contribution is 2.16. The van der Waals surface area contributed by atoms with E-state index in [1.165, 1.54) is 11.3 Å². The van der Waals surface area contributed by atoms with Gasteiger partial charge in [0.15, 0.2) is 0 Å². The van der Waals surface area contributed by atoms with Crippen LogP contribution in [0.25, 0.3) is 0 Å². The molecule has 0 fully saturated rings. The average molecular weight is 224 g/mol. The lowest BCUT2D eigenvalue weighted by Crippen LogP contribution is -2.18. The van der Waals surface area contributed by atoms with Crippen molar-refractivity contribution in [3.8, 4) is 0 Å². The Bertz CT molecular complexity index is 282. The molecule has 0 bridgehead atoms. The number of hydrogen-bond donors (Lipinski definition) is 1. The van der Waals surface area contributed by atoms with E-state index >= 15 is 0 Å². The number of hydrogen-bond acceptors (Lipinski definition) is 3. The number of thioether (sulfide) groups is 1. The zero-order valence-corrected chi connectivity index (χ0v) is 10.8. The van der Waals surface area contributed by atoms with Gasteiger partial charge >= 0.3 is 0 Å². The first-order chi connectivity index (χ1) is 7.11. The van der Waals surface area contributed by atoms with Crippen molar-refractivity contribution in [2.75, 3.05) is 11.6 Å². The van der Waals surface area contributed by atoms with E-state index in [4.69, 9.17) is 0 Å². The van der Waals surface area contributed by atoms with Crippen molar-refractivity contribution in [2.45, 2.75) is 38.1 Å². The van der Waals surface area contributed by atoms with Crippen LogP contribution >= 0.6 is 11.8 Å². The van der Waals surface area contributed by atoms with Crippen LogP contribution < -0.4 is 5.32 Å². The molecule has 3 heteroatoms. The predicted molar refractivity (Wildman–Crippen MR) is 68.6 cm³/mol. The Hall–Kier alpha value is -0.700. The molecule has 1 rings (SSSR count). The summed E-state index contributed by atoms with van der Waals surface area (Å²) in [6, 6.07) is 4.63. The Morgan fingerprint density at radius 1 is 1.33 bits per heavy atom. The molecular weight excluding hydrogens is 204 g/mol. The van der Waals surface area contributed by atoms with Crippen LogP contribution in [-0.4, -0.2) is 17.3 Å². The predicted octanol–water partition coefficient (Wildman–Crippen LogP) is 3.65. The Morgan fingerprint density at radius 3 is 2.53 bits per heavy atom. The molecule has 1 unspecified atom stereocenters. The van der Waals surface area contributed by atoms with Gasteiger partial charge in [0.05, 0.1) is 0 Å². The van der Waals surface area contributed by atoms with Gasteiger partial charge in [0.1, 0.15) is 5.82 Å². The fraction of sp³-hybridized carbons (Fsp3) is 0.583. The van der Waals surface area contributed by atoms with Crippen LogP contribution in [-0.2, 0) is 0 Å². The largest absolute Gasteiger partial charge is 0.368 e. The van der Waals surface area contributed by atoms with E-state index in [0.29, 0.717) is 6.04 Å². The minimum absolute atomic E-state index is 0.484. The average Bonchev–Trinajstić information content (AvgIpc) is 2.17. The van der Waals surface area contributed by atoms with E-state index < -0.39 is 0 Å². The molecule has 1 N–H and O–H groups in total. The van der Waals surface area contributed by atoms with Crippen molar-refractivity contribution in [2.24, 2.45) is 5.92 Å². The highest BCUT2D eigenvalue weighted by Gasteiger charge is 2.05. The van der Waals surface area contributed by atoms with Gasteiger partial charge in [0, 0.05) is 17.1 Å². The van der Waals surface area contributed by atoms with Gasteiger partial charge in [-0.3, -0.25) is 0 Å². The monoisotopic (exact) mass is 224 g/mol. The molecule has 0 amide bonds. The Morgan fingerprint density at radius 2 is 2.07 bits per heavy atom. The van der Waals surface area contributed by atoms with E-state index in [1.54, 1.807) is 11.8 Å². The van der Waals surface area contributed by atoms with Gasteiger partial charge < -0.3 is 5.32 Å². The minimum atomic E-state index is 0.484. The topological polar surface area (TPSA) is 24.9 Å². The maximum atomic E-state index is 4.36. The van der Waals surface area contributed by atoms with Gasteiger partial charge in [-0.15, -0.1) is 11.8 Å². The first-order valence-electron chi connectivity index (χ1n) is 5.38. The van der Waals surface area contributed by atoms with E-state index in [1.807, 2.05) is 12.3 Å². The van der Waals surface area contributed by atoms with Gasteiger partial charge in [-0.1, -0.05) is 13.8 Å². The molecule has 0 aliphatic carbocycles. The summed E-state index contributed by atoms with van der Waals surface area (Å²) in [6.45, 7) is 6.68. The summed E-state index contributed by atoms with van der Waals surface area (Å²) in [5.74, 6) is 1.69. The minimum Gasteiger partial charge on any atom is -0.368 e. The SMILES string of the molecule is CSc1ccc(NC(C)CC(C)C)nc1. The van der Waals surface area contributed by atoms with Gasteiger partial charge in [-0.2, -0.15) is 0 Å². The van der Waals surface area contributed by atoms with Crippen LogP contribution in [0.15, 0.2) is 23.2 Å². The highest BCUT2D eigenvalue weighted by molar-refractivity contribution is 7.98. The lowest BCUT2D eigenvalue weighted by molar-refractivity contribution is 0.539. The summed E-state index contributed by atoms with van der Waals surface area (Å²) in [6.07, 6.45) is 5.15. The standard InChI is InChI=1S/C12H20N2S/c1-9(2)7-10(3)14-12-6-5-11(15-4)8-13-12/h5-6,8-10H,7H2,1-4H3,(H,13,14). The van der Waals surface area contributed by atoms with Crippen LogP contribution in [0.4, 0.5) is 5.82 Å². The van der Waals surface area contributed by atoms with Crippen molar-refractivity contribution in [3.63, 3.8) is 0 Å². The zero-order valence-electron chi connectivity index (χ0n) is 9.95. The quantitative estimate of drug-likeness (QED) is 0.773. The van der Waals surface area contributed by atoms with E-state index in [0.717, 1.165) is 11.7 Å². The van der Waals surface area contributed by atoms with Gasteiger partial charge in [-0.25, -0.2) is 4.98 Å². The third kappa shape index (κ3) is 4.56. The summed E-state index contributed by atoms with van der Waals surface area (Å²) in [7, 11) is 0. The van der Waals surface area contributed by atoms with Crippen molar-refractivity contribution in [1.82, 2.24) is 4.98 Å². The number of anilines is 1. The Kier molecular flexibility index (Phi) is 4.95. The molecule has 1 heterocycles. The smallest absolute Gasteiger partial charge is 0.126 e. The molecule has 1 aromatic rings. The van der Waals surface area contributed by atoms with Crippen LogP contribution in [0.5, 0.6) is 0 Å². The third-order valence-electron chi connectivity index (χ3n) is 2.19. The maximum Gasteiger partial charge on any atom is 0.126 e. The molecule has 2 nitrogen and oxygen atoms in total. The number of rotatable bonds is 5. The van der Waals surface area contributed by atoms with E-state index in [9.17, 15) is 0 Å². The lowest BCUT2D eigenvalue weighted by Gasteiger charge is -2.16. The normalized spacial score (nSPS) is 12.9. The number of aromatic nitrogens is 1. The summed E-state index contributed by atoms with van der Waals surface area (Å²) in [4.78, 5) is 5.57. The Balaban J connectivity index is 2.49. The Labute approximate surface area is 96.9 Å². The first kappa shape index (κ1) is 12.4. The molecule has 0 aliphatic rings. The molecule has 15 heavy (non-hydrogen) atoms. The van der Waals surface area contributed by atoms with Gasteiger partial charge in [0.2, 0.25) is 0 Å².